The highest BCUT2D eigenvalue weighted by atomic mass is 35.5. The lowest BCUT2D eigenvalue weighted by molar-refractivity contribution is 0.0600. The first-order valence-corrected chi connectivity index (χ1v) is 16.5. The van der Waals surface area contributed by atoms with Gasteiger partial charge in [-0.3, -0.25) is 0 Å². The number of carbonyl (C=O) groups is 1. The maximum absolute atomic E-state index is 14.9. The van der Waals surface area contributed by atoms with Gasteiger partial charge >= 0.3 is 5.97 Å². The molecule has 0 spiro atoms. The number of methoxy groups -OCH3 is 1. The van der Waals surface area contributed by atoms with Crippen LogP contribution in [0.5, 0.6) is 0 Å². The minimum atomic E-state index is -4.48. The topological polar surface area (TPSA) is 89.2 Å². The quantitative estimate of drug-likeness (QED) is 0.160. The van der Waals surface area contributed by atoms with Crippen LogP contribution in [-0.4, -0.2) is 25.5 Å². The standard InChI is InChI=1S/C36H26ClF3N2O4S/c1-46-36(43)24-11-15-28(31(37)18-24)22-6-4-7-23(17-22)34-33(29-8-3-2-5-25(29)20-41)30-19-26(38)12-16-32(30)42(34)47(44,45)27-13-9-21(10-14-27)35(39)40/h4,6-7,9-19,35H,2-3,5,8H2,1H3. The van der Waals surface area contributed by atoms with Crippen molar-refractivity contribution in [3.05, 3.63) is 118 Å². The number of alkyl halides is 2. The highest BCUT2D eigenvalue weighted by Crippen LogP contribution is 2.46. The van der Waals surface area contributed by atoms with Crippen LogP contribution in [-0.2, 0) is 14.8 Å². The molecule has 6 nitrogen and oxygen atoms in total. The molecular formula is C36H26ClF3N2O4S. The Morgan fingerprint density at radius 3 is 2.36 bits per heavy atom. The smallest absolute Gasteiger partial charge is 0.337 e. The van der Waals surface area contributed by atoms with Gasteiger partial charge in [0.1, 0.15) is 5.82 Å². The van der Waals surface area contributed by atoms with E-state index in [0.29, 0.717) is 51.6 Å². The van der Waals surface area contributed by atoms with E-state index in [-0.39, 0.29) is 32.3 Å². The van der Waals surface area contributed by atoms with Crippen LogP contribution in [0, 0.1) is 17.1 Å². The van der Waals surface area contributed by atoms with Crippen molar-refractivity contribution in [1.29, 1.82) is 5.26 Å². The average molecular weight is 675 g/mol. The third-order valence-electron chi connectivity index (χ3n) is 8.30. The maximum atomic E-state index is 14.9. The van der Waals surface area contributed by atoms with E-state index in [0.717, 1.165) is 47.1 Å². The number of nitrogens with zero attached hydrogens (tertiary/aromatic N) is 2. The molecule has 1 aliphatic carbocycles. The Balaban J connectivity index is 1.68. The number of halogens is 4. The van der Waals surface area contributed by atoms with Crippen molar-refractivity contribution in [3.63, 3.8) is 0 Å². The number of hydrogen-bond acceptors (Lipinski definition) is 5. The van der Waals surface area contributed by atoms with Gasteiger partial charge in [0.15, 0.2) is 0 Å². The van der Waals surface area contributed by atoms with E-state index in [1.54, 1.807) is 36.4 Å². The normalized spacial score (nSPS) is 13.6. The predicted molar refractivity (Wildman–Crippen MR) is 174 cm³/mol. The molecule has 0 atom stereocenters. The van der Waals surface area contributed by atoms with Crippen LogP contribution in [0.4, 0.5) is 13.2 Å². The fraction of sp³-hybridized carbons (Fsp3) is 0.167. The van der Waals surface area contributed by atoms with E-state index in [2.05, 4.69) is 6.07 Å². The van der Waals surface area contributed by atoms with Gasteiger partial charge < -0.3 is 4.74 Å². The van der Waals surface area contributed by atoms with E-state index in [9.17, 15) is 31.6 Å². The van der Waals surface area contributed by atoms with E-state index in [1.165, 1.54) is 25.3 Å². The van der Waals surface area contributed by atoms with Crippen molar-refractivity contribution < 1.29 is 31.1 Å². The van der Waals surface area contributed by atoms with Gasteiger partial charge in [-0.05, 0) is 85.4 Å². The second-order valence-electron chi connectivity index (χ2n) is 11.1. The van der Waals surface area contributed by atoms with Gasteiger partial charge in [-0.2, -0.15) is 5.26 Å². The zero-order valence-electron chi connectivity index (χ0n) is 24.9. The number of aromatic nitrogens is 1. The molecule has 0 amide bonds. The number of carbonyl (C=O) groups excluding carboxylic acids is 1. The van der Waals surface area contributed by atoms with Crippen LogP contribution in [0.25, 0.3) is 38.9 Å². The fourth-order valence-corrected chi connectivity index (χ4v) is 7.91. The molecule has 0 bridgehead atoms. The summed E-state index contributed by atoms with van der Waals surface area (Å²) in [6.45, 7) is 0. The van der Waals surface area contributed by atoms with Crippen LogP contribution in [0.3, 0.4) is 0 Å². The summed E-state index contributed by atoms with van der Waals surface area (Å²) in [5.74, 6) is -1.16. The molecule has 0 radical (unpaired) electrons. The molecule has 1 aromatic heterocycles. The highest BCUT2D eigenvalue weighted by Gasteiger charge is 2.31. The molecule has 0 N–H and O–H groups in total. The lowest BCUT2D eigenvalue weighted by atomic mass is 9.85. The third-order valence-corrected chi connectivity index (χ3v) is 10.3. The Kier molecular flexibility index (Phi) is 8.70. The van der Waals surface area contributed by atoms with E-state index >= 15 is 0 Å². The van der Waals surface area contributed by atoms with Crippen molar-refractivity contribution in [1.82, 2.24) is 3.97 Å². The van der Waals surface area contributed by atoms with E-state index in [1.807, 2.05) is 0 Å². The number of rotatable bonds is 7. The van der Waals surface area contributed by atoms with E-state index < -0.39 is 28.2 Å². The minimum absolute atomic E-state index is 0.163. The molecule has 0 unspecified atom stereocenters. The summed E-state index contributed by atoms with van der Waals surface area (Å²) in [6.07, 6.45) is -0.319. The van der Waals surface area contributed by atoms with Gasteiger partial charge in [0.2, 0.25) is 0 Å². The summed E-state index contributed by atoms with van der Waals surface area (Å²) < 4.78 is 76.6. The van der Waals surface area contributed by atoms with Crippen molar-refractivity contribution in [2.75, 3.05) is 7.11 Å². The van der Waals surface area contributed by atoms with Crippen LogP contribution in [0.15, 0.2) is 95.4 Å². The maximum Gasteiger partial charge on any atom is 0.337 e. The highest BCUT2D eigenvalue weighted by molar-refractivity contribution is 7.90. The van der Waals surface area contributed by atoms with E-state index in [4.69, 9.17) is 16.3 Å². The second kappa shape index (κ2) is 12.7. The second-order valence-corrected chi connectivity index (χ2v) is 13.3. The zero-order valence-corrected chi connectivity index (χ0v) is 26.5. The van der Waals surface area contributed by atoms with Crippen molar-refractivity contribution in [2.24, 2.45) is 0 Å². The Morgan fingerprint density at radius 1 is 0.957 bits per heavy atom. The first-order chi connectivity index (χ1) is 22.5. The molecule has 0 aliphatic heterocycles. The van der Waals surface area contributed by atoms with Crippen LogP contribution < -0.4 is 0 Å². The van der Waals surface area contributed by atoms with Crippen molar-refractivity contribution >= 4 is 44.1 Å². The Morgan fingerprint density at radius 2 is 1.68 bits per heavy atom. The lowest BCUT2D eigenvalue weighted by Gasteiger charge is -2.19. The molecule has 0 saturated heterocycles. The average Bonchev–Trinajstić information content (AvgIpc) is 3.42. The van der Waals surface area contributed by atoms with Crippen molar-refractivity contribution in [2.45, 2.75) is 37.0 Å². The number of benzene rings is 4. The molecule has 5 aromatic rings. The summed E-state index contributed by atoms with van der Waals surface area (Å²) in [6, 6.07) is 22.0. The number of ether oxygens (including phenoxy) is 1. The first kappa shape index (κ1) is 32.1. The Bertz CT molecular complexity index is 2240. The van der Waals surface area contributed by atoms with Crippen molar-refractivity contribution in [3.8, 4) is 28.5 Å². The number of hydrogen-bond donors (Lipinski definition) is 0. The molecule has 6 rings (SSSR count). The number of esters is 1. The molecule has 1 aliphatic rings. The molecule has 0 fully saturated rings. The number of nitriles is 1. The number of fused-ring (bicyclic) bond motifs is 1. The third kappa shape index (κ3) is 5.81. The van der Waals surface area contributed by atoms with Gasteiger partial charge in [-0.1, -0.05) is 48.0 Å². The molecule has 4 aromatic carbocycles. The monoisotopic (exact) mass is 674 g/mol. The summed E-state index contributed by atoms with van der Waals surface area (Å²) >= 11 is 6.61. The molecular weight excluding hydrogens is 649 g/mol. The summed E-state index contributed by atoms with van der Waals surface area (Å²) in [5.41, 5.74) is 3.35. The molecule has 1 heterocycles. The molecule has 0 saturated carbocycles. The van der Waals surface area contributed by atoms with Crippen LogP contribution in [0.2, 0.25) is 5.02 Å². The molecule has 47 heavy (non-hydrogen) atoms. The Hall–Kier alpha value is -4.85. The largest absolute Gasteiger partial charge is 0.465 e. The molecule has 238 valence electrons. The van der Waals surface area contributed by atoms with Crippen LogP contribution >= 0.6 is 11.6 Å². The lowest BCUT2D eigenvalue weighted by Crippen LogP contribution is -2.15. The van der Waals surface area contributed by atoms with Crippen LogP contribution in [0.1, 0.15) is 53.6 Å². The minimum Gasteiger partial charge on any atom is -0.465 e. The first-order valence-electron chi connectivity index (χ1n) is 14.6. The SMILES string of the molecule is COC(=O)c1ccc(-c2cccc(-c3c(C4=C(C#N)CCCC4)c4cc(F)ccc4n3S(=O)(=O)c3ccc(C(F)F)cc3)c2)c(Cl)c1. The van der Waals surface area contributed by atoms with Gasteiger partial charge in [0.05, 0.1) is 34.8 Å². The number of allylic oxidation sites excluding steroid dienone is 2. The van der Waals surface area contributed by atoms with Gasteiger partial charge in [-0.25, -0.2) is 30.4 Å². The summed E-state index contributed by atoms with van der Waals surface area (Å²) in [4.78, 5) is 11.8. The Labute approximate surface area is 274 Å². The fourth-order valence-electron chi connectivity index (χ4n) is 6.08. The summed E-state index contributed by atoms with van der Waals surface area (Å²) in [7, 11) is -3.22. The van der Waals surface area contributed by atoms with Gasteiger partial charge in [0, 0.05) is 38.2 Å². The van der Waals surface area contributed by atoms with Gasteiger partial charge in [0.25, 0.3) is 16.4 Å². The molecule has 11 heteroatoms. The summed E-state index contributed by atoms with van der Waals surface area (Å²) in [5, 5.41) is 10.7. The zero-order chi connectivity index (χ0) is 33.5. The predicted octanol–water partition coefficient (Wildman–Crippen LogP) is 9.58. The van der Waals surface area contributed by atoms with Gasteiger partial charge in [-0.15, -0.1) is 0 Å².